The monoisotopic (exact) mass is 595 g/mol. The Balaban J connectivity index is 0.000000309. The minimum atomic E-state index is -0.200. The average Bonchev–Trinajstić information content (AvgIpc) is 2.99. The number of rotatable bonds is 3. The van der Waals surface area contributed by atoms with Crippen LogP contribution >= 0.6 is 35.8 Å². The summed E-state index contributed by atoms with van der Waals surface area (Å²) < 4.78 is 0. The summed E-state index contributed by atoms with van der Waals surface area (Å²) in [5.41, 5.74) is 3.85. The van der Waals surface area contributed by atoms with E-state index in [1.165, 1.54) is 11.1 Å². The number of benzene rings is 3. The number of carbonyl (C=O) groups is 2. The van der Waals surface area contributed by atoms with Gasteiger partial charge in [-0.1, -0.05) is 77.5 Å². The molecule has 1 fully saturated rings. The molecule has 0 unspecified atom stereocenters. The molecule has 0 saturated carbocycles. The quantitative estimate of drug-likeness (QED) is 0.257. The first-order valence-electron chi connectivity index (χ1n) is 13.2. The molecule has 5 rings (SSSR count). The summed E-state index contributed by atoms with van der Waals surface area (Å²) >= 11 is 15.5. The number of hydrogen-bond acceptors (Lipinski definition) is 4. The van der Waals surface area contributed by atoms with Gasteiger partial charge in [0.25, 0.3) is 5.91 Å². The van der Waals surface area contributed by atoms with E-state index >= 15 is 0 Å². The number of thiol groups is 1. The molecule has 0 aliphatic carbocycles. The van der Waals surface area contributed by atoms with E-state index in [-0.39, 0.29) is 17.4 Å². The zero-order chi connectivity index (χ0) is 29.0. The summed E-state index contributed by atoms with van der Waals surface area (Å²) in [6.45, 7) is 2.85. The van der Waals surface area contributed by atoms with E-state index in [0.717, 1.165) is 44.5 Å². The summed E-state index contributed by atoms with van der Waals surface area (Å²) in [6.07, 6.45) is 4.87. The lowest BCUT2D eigenvalue weighted by molar-refractivity contribution is -0.124. The Hall–Kier alpha value is -2.95. The van der Waals surface area contributed by atoms with E-state index in [1.54, 1.807) is 37.6 Å². The fourth-order valence-corrected chi connectivity index (χ4v) is 5.23. The second-order valence-corrected chi connectivity index (χ2v) is 10.2. The summed E-state index contributed by atoms with van der Waals surface area (Å²) in [4.78, 5) is 25.5. The van der Waals surface area contributed by atoms with Gasteiger partial charge in [0.1, 0.15) is 0 Å². The van der Waals surface area contributed by atoms with Gasteiger partial charge in [-0.05, 0) is 60.6 Å². The van der Waals surface area contributed by atoms with E-state index in [4.69, 9.17) is 23.2 Å². The van der Waals surface area contributed by atoms with Crippen molar-refractivity contribution in [2.24, 2.45) is 0 Å². The first-order valence-corrected chi connectivity index (χ1v) is 14.8. The zero-order valence-corrected chi connectivity index (χ0v) is 25.3. The summed E-state index contributed by atoms with van der Waals surface area (Å²) in [5, 5.41) is 6.91. The number of amides is 2. The third-order valence-corrected chi connectivity index (χ3v) is 7.68. The molecule has 0 radical (unpaired) electrons. The van der Waals surface area contributed by atoms with Gasteiger partial charge in [0, 0.05) is 44.2 Å². The van der Waals surface area contributed by atoms with Crippen molar-refractivity contribution in [1.29, 1.82) is 0 Å². The van der Waals surface area contributed by atoms with Gasteiger partial charge in [-0.25, -0.2) is 0 Å². The molecule has 2 aliphatic heterocycles. The molecule has 210 valence electrons. The van der Waals surface area contributed by atoms with Crippen molar-refractivity contribution >= 4 is 47.6 Å². The summed E-state index contributed by atoms with van der Waals surface area (Å²) in [6, 6.07) is 22.9. The molecule has 1 spiro atoms. The van der Waals surface area contributed by atoms with E-state index in [0.29, 0.717) is 22.0 Å². The van der Waals surface area contributed by atoms with Crippen LogP contribution in [0.25, 0.3) is 0 Å². The Morgan fingerprint density at radius 2 is 1.68 bits per heavy atom. The largest absolute Gasteiger partial charge is 0.355 e. The maximum absolute atomic E-state index is 12.2. The van der Waals surface area contributed by atoms with Gasteiger partial charge in [-0.2, -0.15) is 12.6 Å². The van der Waals surface area contributed by atoms with Crippen LogP contribution in [0.4, 0.5) is 0 Å². The predicted molar refractivity (Wildman–Crippen MR) is 168 cm³/mol. The normalized spacial score (nSPS) is 15.1. The molecule has 2 heterocycles. The maximum atomic E-state index is 12.2. The van der Waals surface area contributed by atoms with Crippen LogP contribution in [0.5, 0.6) is 0 Å². The molecule has 2 N–H and O–H groups in total. The lowest BCUT2D eigenvalue weighted by Crippen LogP contribution is -2.56. The number of likely N-dealkylation sites (tertiary alicyclic amines) is 1. The minimum absolute atomic E-state index is 0.0411. The van der Waals surface area contributed by atoms with E-state index in [1.807, 2.05) is 30.3 Å². The van der Waals surface area contributed by atoms with Gasteiger partial charge in [0.05, 0.1) is 22.0 Å². The topological polar surface area (TPSA) is 61.4 Å². The SMILES string of the molecule is CNC(=O)c1ccccc1.CS.O=C1Cc2ccccc2C2(CCN(CCC#Cc3ccc(Cl)c(Cl)c3)CC2)N1. The molecule has 40 heavy (non-hydrogen) atoms. The van der Waals surface area contributed by atoms with E-state index in [2.05, 4.69) is 58.2 Å². The Bertz CT molecular complexity index is 1350. The van der Waals surface area contributed by atoms with Crippen molar-refractivity contribution in [1.82, 2.24) is 15.5 Å². The van der Waals surface area contributed by atoms with Crippen LogP contribution in [0, 0.1) is 11.8 Å². The number of fused-ring (bicyclic) bond motifs is 2. The number of nitrogens with zero attached hydrogens (tertiary/aromatic N) is 1. The number of piperidine rings is 1. The van der Waals surface area contributed by atoms with Gasteiger partial charge in [0.15, 0.2) is 0 Å². The van der Waals surface area contributed by atoms with E-state index in [9.17, 15) is 9.59 Å². The van der Waals surface area contributed by atoms with Crippen LogP contribution in [-0.4, -0.2) is 49.7 Å². The lowest BCUT2D eigenvalue weighted by atomic mass is 9.75. The van der Waals surface area contributed by atoms with Crippen LogP contribution in [0.1, 0.15) is 46.3 Å². The fourth-order valence-electron chi connectivity index (χ4n) is 4.93. The van der Waals surface area contributed by atoms with Crippen molar-refractivity contribution in [2.75, 3.05) is 32.9 Å². The molecule has 0 atom stereocenters. The van der Waals surface area contributed by atoms with Crippen LogP contribution in [0.15, 0.2) is 72.8 Å². The Morgan fingerprint density at radius 1 is 1.00 bits per heavy atom. The highest BCUT2D eigenvalue weighted by molar-refractivity contribution is 7.79. The number of hydrogen-bond donors (Lipinski definition) is 3. The third-order valence-electron chi connectivity index (χ3n) is 6.94. The molecule has 5 nitrogen and oxygen atoms in total. The summed E-state index contributed by atoms with van der Waals surface area (Å²) in [7, 11) is 1.62. The zero-order valence-electron chi connectivity index (χ0n) is 22.8. The summed E-state index contributed by atoms with van der Waals surface area (Å²) in [5.74, 6) is 6.47. The highest BCUT2D eigenvalue weighted by Crippen LogP contribution is 2.37. The van der Waals surface area contributed by atoms with Gasteiger partial charge in [0.2, 0.25) is 5.91 Å². The molecule has 0 aromatic heterocycles. The molecule has 3 aromatic carbocycles. The van der Waals surface area contributed by atoms with Gasteiger partial charge < -0.3 is 15.5 Å². The molecule has 3 aromatic rings. The Labute approximate surface area is 253 Å². The molecule has 0 bridgehead atoms. The minimum Gasteiger partial charge on any atom is -0.355 e. The van der Waals surface area contributed by atoms with Gasteiger partial charge in [-0.15, -0.1) is 0 Å². The maximum Gasteiger partial charge on any atom is 0.251 e. The highest BCUT2D eigenvalue weighted by Gasteiger charge is 2.41. The van der Waals surface area contributed by atoms with Crippen molar-refractivity contribution in [3.8, 4) is 11.8 Å². The number of carbonyl (C=O) groups excluding carboxylic acids is 2. The van der Waals surface area contributed by atoms with Crippen LogP contribution in [0.3, 0.4) is 0 Å². The molecule has 1 saturated heterocycles. The van der Waals surface area contributed by atoms with Crippen molar-refractivity contribution in [2.45, 2.75) is 31.2 Å². The van der Waals surface area contributed by atoms with Crippen LogP contribution in [0.2, 0.25) is 10.0 Å². The van der Waals surface area contributed by atoms with Gasteiger partial charge in [-0.3, -0.25) is 9.59 Å². The predicted octanol–water partition coefficient (Wildman–Crippen LogP) is 5.99. The highest BCUT2D eigenvalue weighted by atomic mass is 35.5. The second-order valence-electron chi connectivity index (χ2n) is 9.43. The third kappa shape index (κ3) is 8.52. The number of nitrogens with one attached hydrogen (secondary N) is 2. The Morgan fingerprint density at radius 3 is 2.35 bits per heavy atom. The number of halogens is 2. The molecular formula is C32H35Cl2N3O2S. The molecular weight excluding hydrogens is 561 g/mol. The molecule has 2 aliphatic rings. The van der Waals surface area contributed by atoms with Gasteiger partial charge >= 0.3 is 0 Å². The van der Waals surface area contributed by atoms with E-state index < -0.39 is 0 Å². The first-order chi connectivity index (χ1) is 19.4. The smallest absolute Gasteiger partial charge is 0.251 e. The van der Waals surface area contributed by atoms with Crippen molar-refractivity contribution in [3.63, 3.8) is 0 Å². The lowest BCUT2D eigenvalue weighted by Gasteiger charge is -2.45. The van der Waals surface area contributed by atoms with Crippen molar-refractivity contribution in [3.05, 3.63) is 105 Å². The Kier molecular flexibility index (Phi) is 12.4. The van der Waals surface area contributed by atoms with Crippen LogP contribution < -0.4 is 10.6 Å². The standard InChI is InChI=1S/C23H22Cl2N2O.C8H9NO.CH4S/c24-20-9-8-17(15-21(20)25)5-3-4-12-27-13-10-23(11-14-27)19-7-2-1-6-18(19)16-22(28)26-23;1-9-8(10)7-5-3-2-4-6-7;1-2/h1-2,6-9,15H,4,10-14,16H2,(H,26,28);2-6H,1H3,(H,9,10);2H,1H3. The van der Waals surface area contributed by atoms with Crippen LogP contribution in [-0.2, 0) is 16.8 Å². The first kappa shape index (κ1) is 31.6. The molecule has 2 amide bonds. The van der Waals surface area contributed by atoms with Crippen molar-refractivity contribution < 1.29 is 9.59 Å². The second kappa shape index (κ2) is 15.7. The average molecular weight is 597 g/mol. The molecule has 8 heteroatoms. The fraction of sp³-hybridized carbons (Fsp3) is 0.312.